The molecule has 0 radical (unpaired) electrons. The van der Waals surface area contributed by atoms with Crippen LogP contribution in [0.3, 0.4) is 0 Å². The van der Waals surface area contributed by atoms with Gasteiger partial charge in [-0.2, -0.15) is 5.10 Å². The standard InChI is InChI=1S/C35H40N4O6S/c1-6-39-32(30(35(41)42)21(4)36-39)25-16-24-17-26(45-5)13-15-27(24)33-31(22-10-8-7-9-11-22)28-14-12-23(18-29(28)38(33)19-25)34(40)37-46(43,44)20(2)3/h12-18,20,22H,6-11,19H2,1-5H3,(H,37,40)(H,41,42). The fraction of sp³-hybridized carbons (Fsp3) is 0.400. The largest absolute Gasteiger partial charge is 0.497 e. The first kappa shape index (κ1) is 31.6. The van der Waals surface area contributed by atoms with Crippen molar-refractivity contribution in [3.05, 3.63) is 70.0 Å². The minimum atomic E-state index is -3.84. The van der Waals surface area contributed by atoms with Crippen LogP contribution in [0.2, 0.25) is 0 Å². The molecule has 0 unspecified atom stereocenters. The number of aromatic nitrogens is 3. The van der Waals surface area contributed by atoms with Crippen LogP contribution in [0, 0.1) is 6.92 Å². The Balaban J connectivity index is 1.66. The van der Waals surface area contributed by atoms with Crippen LogP contribution in [-0.4, -0.2) is 52.1 Å². The first-order valence-electron chi connectivity index (χ1n) is 15.9. The van der Waals surface area contributed by atoms with Gasteiger partial charge in [-0.25, -0.2) is 17.9 Å². The summed E-state index contributed by atoms with van der Waals surface area (Å²) in [7, 11) is -2.21. The van der Waals surface area contributed by atoms with Gasteiger partial charge >= 0.3 is 5.97 Å². The lowest BCUT2D eigenvalue weighted by molar-refractivity contribution is 0.0695. The van der Waals surface area contributed by atoms with Gasteiger partial charge in [-0.1, -0.05) is 25.3 Å². The molecule has 4 aromatic rings. The zero-order valence-corrected chi connectivity index (χ0v) is 27.7. The van der Waals surface area contributed by atoms with E-state index in [-0.39, 0.29) is 11.1 Å². The molecule has 0 atom stereocenters. The minimum absolute atomic E-state index is 0.156. The monoisotopic (exact) mass is 644 g/mol. The number of amides is 1. The third-order valence-electron chi connectivity index (χ3n) is 9.35. The summed E-state index contributed by atoms with van der Waals surface area (Å²) in [6.07, 6.45) is 7.55. The van der Waals surface area contributed by atoms with Crippen molar-refractivity contribution in [3.8, 4) is 17.0 Å². The normalized spacial score (nSPS) is 15.3. The highest BCUT2D eigenvalue weighted by Gasteiger charge is 2.32. The Hall–Kier alpha value is -4.38. The number of sulfonamides is 1. The van der Waals surface area contributed by atoms with Gasteiger partial charge in [-0.3, -0.25) is 9.48 Å². The van der Waals surface area contributed by atoms with Crippen LogP contribution in [0.25, 0.3) is 33.8 Å². The Morgan fingerprint density at radius 1 is 1.09 bits per heavy atom. The van der Waals surface area contributed by atoms with E-state index in [1.807, 2.05) is 37.3 Å². The molecule has 1 aliphatic heterocycles. The van der Waals surface area contributed by atoms with Crippen molar-refractivity contribution in [2.24, 2.45) is 0 Å². The number of carbonyl (C=O) groups is 2. The SMILES string of the molecule is CCn1nc(C)c(C(=O)O)c1C1=Cc2cc(OC)ccc2-c2c(C3CCCCC3)c3ccc(C(=O)NS(=O)(=O)C(C)C)cc3n2C1. The highest BCUT2D eigenvalue weighted by molar-refractivity contribution is 7.90. The van der Waals surface area contributed by atoms with Crippen molar-refractivity contribution < 1.29 is 27.9 Å². The summed E-state index contributed by atoms with van der Waals surface area (Å²) in [6, 6.07) is 11.4. The fourth-order valence-corrected chi connectivity index (χ4v) is 7.64. The number of methoxy groups -OCH3 is 1. The molecule has 6 rings (SSSR count). The van der Waals surface area contributed by atoms with E-state index < -0.39 is 27.1 Å². The van der Waals surface area contributed by atoms with Gasteiger partial charge < -0.3 is 14.4 Å². The second kappa shape index (κ2) is 12.1. The third kappa shape index (κ3) is 5.40. The molecule has 1 amide bonds. The number of allylic oxidation sites excluding steroid dienone is 1. The van der Waals surface area contributed by atoms with Crippen LogP contribution < -0.4 is 9.46 Å². The lowest BCUT2D eigenvalue weighted by Crippen LogP contribution is -2.35. The Morgan fingerprint density at radius 3 is 2.48 bits per heavy atom. The fourth-order valence-electron chi connectivity index (χ4n) is 7.03. The van der Waals surface area contributed by atoms with Crippen molar-refractivity contribution in [2.75, 3.05) is 7.11 Å². The Kier molecular flexibility index (Phi) is 8.30. The molecule has 46 heavy (non-hydrogen) atoms. The van der Waals surface area contributed by atoms with Crippen LogP contribution in [0.5, 0.6) is 5.75 Å². The number of nitrogens with one attached hydrogen (secondary N) is 1. The molecule has 3 heterocycles. The van der Waals surface area contributed by atoms with Crippen LogP contribution >= 0.6 is 0 Å². The molecular weight excluding hydrogens is 604 g/mol. The molecule has 1 saturated carbocycles. The number of aryl methyl sites for hydroxylation is 2. The highest BCUT2D eigenvalue weighted by atomic mass is 32.2. The van der Waals surface area contributed by atoms with Crippen molar-refractivity contribution in [1.82, 2.24) is 19.1 Å². The number of hydrogen-bond acceptors (Lipinski definition) is 6. The van der Waals surface area contributed by atoms with E-state index in [0.29, 0.717) is 36.1 Å². The van der Waals surface area contributed by atoms with Crippen LogP contribution in [-0.2, 0) is 23.1 Å². The first-order chi connectivity index (χ1) is 21.9. The van der Waals surface area contributed by atoms with E-state index in [0.717, 1.165) is 59.0 Å². The minimum Gasteiger partial charge on any atom is -0.497 e. The number of rotatable bonds is 8. The second-order valence-electron chi connectivity index (χ2n) is 12.5. The predicted molar refractivity (Wildman–Crippen MR) is 179 cm³/mol. The maximum Gasteiger partial charge on any atom is 0.339 e. The summed E-state index contributed by atoms with van der Waals surface area (Å²) < 4.78 is 36.9. The number of ether oxygens (including phenoxy) is 1. The number of carbonyl (C=O) groups excluding carboxylic acids is 1. The maximum absolute atomic E-state index is 13.3. The van der Waals surface area contributed by atoms with Gasteiger partial charge in [-0.15, -0.1) is 0 Å². The van der Waals surface area contributed by atoms with Gasteiger partial charge in [0.1, 0.15) is 11.3 Å². The lowest BCUT2D eigenvalue weighted by atomic mass is 9.81. The van der Waals surface area contributed by atoms with Crippen molar-refractivity contribution in [3.63, 3.8) is 0 Å². The van der Waals surface area contributed by atoms with Gasteiger partial charge in [-0.05, 0) is 99.6 Å². The summed E-state index contributed by atoms with van der Waals surface area (Å²) >= 11 is 0. The first-order valence-corrected chi connectivity index (χ1v) is 17.4. The number of carboxylic acid groups (broad SMARTS) is 1. The highest BCUT2D eigenvalue weighted by Crippen LogP contribution is 2.48. The molecule has 1 aliphatic carbocycles. The average molecular weight is 645 g/mol. The van der Waals surface area contributed by atoms with Crippen LogP contribution in [0.4, 0.5) is 0 Å². The molecular formula is C35H40N4O6S. The Bertz CT molecular complexity index is 2010. The Morgan fingerprint density at radius 2 is 1.83 bits per heavy atom. The molecule has 1 fully saturated rings. The van der Waals surface area contributed by atoms with Gasteiger partial charge in [0.15, 0.2) is 0 Å². The van der Waals surface area contributed by atoms with Crippen molar-refractivity contribution in [2.45, 2.75) is 84.1 Å². The molecule has 10 nitrogen and oxygen atoms in total. The van der Waals surface area contributed by atoms with Gasteiger partial charge in [0.05, 0.1) is 36.0 Å². The number of fused-ring (bicyclic) bond motifs is 5. The van der Waals surface area contributed by atoms with E-state index in [2.05, 4.69) is 14.4 Å². The maximum atomic E-state index is 13.3. The summed E-state index contributed by atoms with van der Waals surface area (Å²) in [6.45, 7) is 7.49. The van der Waals surface area contributed by atoms with Crippen molar-refractivity contribution in [1.29, 1.82) is 0 Å². The molecule has 11 heteroatoms. The second-order valence-corrected chi connectivity index (χ2v) is 14.7. The number of hydrogen-bond donors (Lipinski definition) is 2. The quantitative estimate of drug-likeness (QED) is 0.221. The zero-order valence-electron chi connectivity index (χ0n) is 26.9. The molecule has 2 aromatic carbocycles. The molecule has 2 aliphatic rings. The van der Waals surface area contributed by atoms with Gasteiger partial charge in [0.25, 0.3) is 5.91 Å². The lowest BCUT2D eigenvalue weighted by Gasteiger charge is -2.24. The third-order valence-corrected chi connectivity index (χ3v) is 11.1. The smallest absolute Gasteiger partial charge is 0.339 e. The molecule has 0 saturated heterocycles. The van der Waals surface area contributed by atoms with E-state index >= 15 is 0 Å². The predicted octanol–water partition coefficient (Wildman–Crippen LogP) is 6.61. The molecule has 0 bridgehead atoms. The molecule has 242 valence electrons. The molecule has 2 aromatic heterocycles. The zero-order chi connectivity index (χ0) is 32.9. The topological polar surface area (TPSA) is 133 Å². The van der Waals surface area contributed by atoms with Crippen LogP contribution in [0.15, 0.2) is 36.4 Å². The summed E-state index contributed by atoms with van der Waals surface area (Å²) in [4.78, 5) is 25.9. The number of benzene rings is 2. The van der Waals surface area contributed by atoms with E-state index in [9.17, 15) is 23.1 Å². The number of nitrogens with zero attached hydrogens (tertiary/aromatic N) is 3. The molecule has 0 spiro atoms. The Labute approximate surface area is 269 Å². The summed E-state index contributed by atoms with van der Waals surface area (Å²) in [5, 5.41) is 15.1. The van der Waals surface area contributed by atoms with Crippen LogP contribution in [0.1, 0.15) is 102 Å². The number of aromatic carboxylic acids is 1. The average Bonchev–Trinajstić information content (AvgIpc) is 3.48. The number of carboxylic acids is 1. The summed E-state index contributed by atoms with van der Waals surface area (Å²) in [5.41, 5.74) is 7.02. The van der Waals surface area contributed by atoms with E-state index in [4.69, 9.17) is 4.74 Å². The molecule has 2 N–H and O–H groups in total. The van der Waals surface area contributed by atoms with Crippen molar-refractivity contribution >= 4 is 44.5 Å². The van der Waals surface area contributed by atoms with E-state index in [1.165, 1.54) is 25.8 Å². The summed E-state index contributed by atoms with van der Waals surface area (Å²) in [5.74, 6) is -0.758. The van der Waals surface area contributed by atoms with E-state index in [1.54, 1.807) is 30.8 Å². The van der Waals surface area contributed by atoms with Gasteiger partial charge in [0.2, 0.25) is 10.0 Å². The van der Waals surface area contributed by atoms with Gasteiger partial charge in [0, 0.05) is 28.6 Å².